The molecule has 0 aliphatic heterocycles. The number of aromatic nitrogens is 3. The fourth-order valence-corrected chi connectivity index (χ4v) is 2.25. The lowest BCUT2D eigenvalue weighted by Crippen LogP contribution is -2.13. The Kier molecular flexibility index (Phi) is 3.16. The number of nitrogens with one attached hydrogen (secondary N) is 2. The molecule has 1 saturated carbocycles. The number of rotatable bonds is 3. The Balaban J connectivity index is 1.75. The summed E-state index contributed by atoms with van der Waals surface area (Å²) in [6.07, 6.45) is 2.19. The zero-order valence-electron chi connectivity index (χ0n) is 9.78. The van der Waals surface area contributed by atoms with E-state index in [1.54, 1.807) is 18.2 Å². The molecule has 1 aliphatic carbocycles. The van der Waals surface area contributed by atoms with Crippen LogP contribution in [0.3, 0.4) is 0 Å². The molecule has 1 fully saturated rings. The molecule has 0 bridgehead atoms. The van der Waals surface area contributed by atoms with Crippen LogP contribution < -0.4 is 5.32 Å². The van der Waals surface area contributed by atoms with Gasteiger partial charge in [-0.2, -0.15) is 0 Å². The first-order valence-electron chi connectivity index (χ1n) is 5.81. The Bertz CT molecular complexity index is 616. The SMILES string of the molecule is O=C(Nc1cc(Cl)cc(Cl)c1)c1n[nH]c(C2CC2)n1. The number of H-pyrrole nitrogens is 1. The Hall–Kier alpha value is -1.59. The molecule has 19 heavy (non-hydrogen) atoms. The van der Waals surface area contributed by atoms with Gasteiger partial charge in [0.1, 0.15) is 5.82 Å². The van der Waals surface area contributed by atoms with Crippen molar-refractivity contribution in [2.24, 2.45) is 0 Å². The van der Waals surface area contributed by atoms with Crippen molar-refractivity contribution < 1.29 is 4.79 Å². The minimum atomic E-state index is -0.388. The zero-order valence-corrected chi connectivity index (χ0v) is 11.3. The van der Waals surface area contributed by atoms with Gasteiger partial charge in [-0.15, -0.1) is 5.10 Å². The molecule has 98 valence electrons. The summed E-state index contributed by atoms with van der Waals surface area (Å²) in [6, 6.07) is 4.82. The number of amides is 1. The highest BCUT2D eigenvalue weighted by atomic mass is 35.5. The molecule has 0 radical (unpaired) electrons. The number of anilines is 1. The Morgan fingerprint density at radius 1 is 1.26 bits per heavy atom. The maximum absolute atomic E-state index is 12.0. The number of hydrogen-bond acceptors (Lipinski definition) is 3. The molecule has 2 N–H and O–H groups in total. The van der Waals surface area contributed by atoms with E-state index >= 15 is 0 Å². The summed E-state index contributed by atoms with van der Waals surface area (Å²) >= 11 is 11.7. The van der Waals surface area contributed by atoms with Crippen molar-refractivity contribution in [1.82, 2.24) is 15.2 Å². The molecular weight excluding hydrogens is 287 g/mol. The zero-order chi connectivity index (χ0) is 13.4. The standard InChI is InChI=1S/C12H10Cl2N4O/c13-7-3-8(14)5-9(4-7)15-12(19)11-16-10(17-18-11)6-1-2-6/h3-6H,1-2H2,(H,15,19)(H,16,17,18). The second-order valence-electron chi connectivity index (χ2n) is 4.43. The minimum absolute atomic E-state index is 0.123. The highest BCUT2D eigenvalue weighted by Gasteiger charge is 2.28. The van der Waals surface area contributed by atoms with Crippen molar-refractivity contribution in [3.63, 3.8) is 0 Å². The average Bonchev–Trinajstić information content (AvgIpc) is 3.05. The predicted octanol–water partition coefficient (Wildman–Crippen LogP) is 3.24. The van der Waals surface area contributed by atoms with Crippen LogP contribution in [-0.2, 0) is 0 Å². The third-order valence-corrected chi connectivity index (χ3v) is 3.23. The average molecular weight is 297 g/mol. The van der Waals surface area contributed by atoms with Crippen LogP contribution in [0.2, 0.25) is 10.0 Å². The van der Waals surface area contributed by atoms with Gasteiger partial charge in [0.05, 0.1) is 0 Å². The van der Waals surface area contributed by atoms with Gasteiger partial charge in [-0.05, 0) is 31.0 Å². The number of benzene rings is 1. The molecule has 0 unspecified atom stereocenters. The van der Waals surface area contributed by atoms with Gasteiger partial charge in [0.15, 0.2) is 0 Å². The summed E-state index contributed by atoms with van der Waals surface area (Å²) in [6.45, 7) is 0. The maximum atomic E-state index is 12.0. The van der Waals surface area contributed by atoms with E-state index in [0.29, 0.717) is 21.7 Å². The molecule has 1 heterocycles. The quantitative estimate of drug-likeness (QED) is 0.913. The van der Waals surface area contributed by atoms with Gasteiger partial charge in [0.25, 0.3) is 5.91 Å². The van der Waals surface area contributed by atoms with Gasteiger partial charge < -0.3 is 5.32 Å². The number of carbonyl (C=O) groups is 1. The summed E-state index contributed by atoms with van der Waals surface area (Å²) in [5, 5.41) is 10.3. The fourth-order valence-electron chi connectivity index (χ4n) is 1.73. The van der Waals surface area contributed by atoms with Crippen LogP contribution in [0.5, 0.6) is 0 Å². The second-order valence-corrected chi connectivity index (χ2v) is 5.30. The van der Waals surface area contributed by atoms with Crippen LogP contribution in [0.25, 0.3) is 0 Å². The van der Waals surface area contributed by atoms with Crippen molar-refractivity contribution in [3.05, 3.63) is 39.9 Å². The molecule has 0 saturated heterocycles. The molecular formula is C12H10Cl2N4O. The van der Waals surface area contributed by atoms with Crippen molar-refractivity contribution in [3.8, 4) is 0 Å². The number of aromatic amines is 1. The number of carbonyl (C=O) groups excluding carboxylic acids is 1. The van der Waals surface area contributed by atoms with E-state index in [2.05, 4.69) is 20.5 Å². The Labute approximate surface area is 119 Å². The van der Waals surface area contributed by atoms with Gasteiger partial charge in [-0.1, -0.05) is 23.2 Å². The molecule has 1 aromatic heterocycles. The summed E-state index contributed by atoms with van der Waals surface area (Å²) < 4.78 is 0. The first kappa shape index (κ1) is 12.4. The first-order valence-corrected chi connectivity index (χ1v) is 6.57. The van der Waals surface area contributed by atoms with E-state index in [9.17, 15) is 4.79 Å². The molecule has 3 rings (SSSR count). The summed E-state index contributed by atoms with van der Waals surface area (Å²) in [4.78, 5) is 16.1. The summed E-state index contributed by atoms with van der Waals surface area (Å²) in [5.74, 6) is 0.934. The van der Waals surface area contributed by atoms with Gasteiger partial charge in [-0.3, -0.25) is 9.89 Å². The smallest absolute Gasteiger partial charge is 0.295 e. The van der Waals surface area contributed by atoms with Crippen LogP contribution >= 0.6 is 23.2 Å². The van der Waals surface area contributed by atoms with Gasteiger partial charge in [-0.25, -0.2) is 4.98 Å². The van der Waals surface area contributed by atoms with Crippen LogP contribution in [0.15, 0.2) is 18.2 Å². The van der Waals surface area contributed by atoms with E-state index in [0.717, 1.165) is 18.7 Å². The highest BCUT2D eigenvalue weighted by Crippen LogP contribution is 2.37. The molecule has 2 aromatic rings. The number of hydrogen-bond donors (Lipinski definition) is 2. The minimum Gasteiger partial charge on any atom is -0.319 e. The van der Waals surface area contributed by atoms with Crippen LogP contribution in [-0.4, -0.2) is 21.1 Å². The molecule has 0 spiro atoms. The largest absolute Gasteiger partial charge is 0.319 e. The van der Waals surface area contributed by atoms with Crippen molar-refractivity contribution >= 4 is 34.8 Å². The lowest BCUT2D eigenvalue weighted by molar-refractivity contribution is 0.101. The molecule has 5 nitrogen and oxygen atoms in total. The monoisotopic (exact) mass is 296 g/mol. The normalized spacial score (nSPS) is 14.4. The molecule has 7 heteroatoms. The summed E-state index contributed by atoms with van der Waals surface area (Å²) in [7, 11) is 0. The van der Waals surface area contributed by atoms with E-state index in [1.165, 1.54) is 0 Å². The number of nitrogens with zero attached hydrogens (tertiary/aromatic N) is 2. The number of halogens is 2. The Morgan fingerprint density at radius 2 is 1.95 bits per heavy atom. The lowest BCUT2D eigenvalue weighted by Gasteiger charge is -2.03. The lowest BCUT2D eigenvalue weighted by atomic mass is 10.3. The van der Waals surface area contributed by atoms with Crippen LogP contribution in [0.4, 0.5) is 5.69 Å². The highest BCUT2D eigenvalue weighted by molar-refractivity contribution is 6.35. The van der Waals surface area contributed by atoms with E-state index < -0.39 is 0 Å². The van der Waals surface area contributed by atoms with E-state index in [1.807, 2.05) is 0 Å². The maximum Gasteiger partial charge on any atom is 0.295 e. The van der Waals surface area contributed by atoms with Crippen molar-refractivity contribution in [2.75, 3.05) is 5.32 Å². The van der Waals surface area contributed by atoms with E-state index in [-0.39, 0.29) is 11.7 Å². The topological polar surface area (TPSA) is 70.7 Å². The van der Waals surface area contributed by atoms with Gasteiger partial charge in [0.2, 0.25) is 5.82 Å². The van der Waals surface area contributed by atoms with Crippen molar-refractivity contribution in [1.29, 1.82) is 0 Å². The Morgan fingerprint density at radius 3 is 2.58 bits per heavy atom. The van der Waals surface area contributed by atoms with Crippen LogP contribution in [0, 0.1) is 0 Å². The predicted molar refractivity (Wildman–Crippen MR) is 72.8 cm³/mol. The van der Waals surface area contributed by atoms with Crippen LogP contribution in [0.1, 0.15) is 35.2 Å². The summed E-state index contributed by atoms with van der Waals surface area (Å²) in [5.41, 5.74) is 0.514. The van der Waals surface area contributed by atoms with Crippen molar-refractivity contribution in [2.45, 2.75) is 18.8 Å². The first-order chi connectivity index (χ1) is 9.11. The van der Waals surface area contributed by atoms with E-state index in [4.69, 9.17) is 23.2 Å². The fraction of sp³-hybridized carbons (Fsp3) is 0.250. The molecule has 1 amide bonds. The van der Waals surface area contributed by atoms with Gasteiger partial charge >= 0.3 is 0 Å². The second kappa shape index (κ2) is 4.83. The molecule has 1 aliphatic rings. The van der Waals surface area contributed by atoms with Gasteiger partial charge in [0, 0.05) is 21.7 Å². The molecule has 0 atom stereocenters. The third-order valence-electron chi connectivity index (χ3n) is 2.79. The third kappa shape index (κ3) is 2.88. The molecule has 1 aromatic carbocycles.